The molecular formula is C10H22FN3. The Labute approximate surface area is 85.8 Å². The van der Waals surface area contributed by atoms with Crippen LogP contribution in [0.2, 0.25) is 0 Å². The van der Waals surface area contributed by atoms with Gasteiger partial charge in [0.1, 0.15) is 6.17 Å². The van der Waals surface area contributed by atoms with E-state index in [0.717, 1.165) is 19.5 Å². The molecule has 1 heterocycles. The quantitative estimate of drug-likeness (QED) is 0.659. The molecule has 3 N–H and O–H groups in total. The SMILES string of the molecule is CC.NN1CCC(NC2CC(F)C2)C1. The van der Waals surface area contributed by atoms with Crippen molar-refractivity contribution >= 4 is 0 Å². The Morgan fingerprint density at radius 1 is 1.29 bits per heavy atom. The minimum Gasteiger partial charge on any atom is -0.310 e. The predicted molar refractivity (Wildman–Crippen MR) is 56.6 cm³/mol. The molecule has 1 saturated carbocycles. The van der Waals surface area contributed by atoms with Crippen LogP contribution in [0.5, 0.6) is 0 Å². The molecule has 0 spiro atoms. The van der Waals surface area contributed by atoms with E-state index in [9.17, 15) is 4.39 Å². The Bertz CT molecular complexity index is 159. The molecule has 1 unspecified atom stereocenters. The van der Waals surface area contributed by atoms with Crippen molar-refractivity contribution in [1.29, 1.82) is 0 Å². The lowest BCUT2D eigenvalue weighted by atomic mass is 9.90. The standard InChI is InChI=1S/C8H16FN3.C2H6/c9-6-3-8(4-6)11-7-1-2-12(10)5-7;1-2/h6-8,11H,1-5,10H2;1-2H3. The summed E-state index contributed by atoms with van der Waals surface area (Å²) in [4.78, 5) is 0. The second kappa shape index (κ2) is 5.63. The summed E-state index contributed by atoms with van der Waals surface area (Å²) < 4.78 is 12.4. The lowest BCUT2D eigenvalue weighted by Gasteiger charge is -2.32. The van der Waals surface area contributed by atoms with Crippen LogP contribution in [0, 0.1) is 0 Å². The van der Waals surface area contributed by atoms with Crippen LogP contribution in [-0.4, -0.2) is 36.4 Å². The summed E-state index contributed by atoms with van der Waals surface area (Å²) in [6.45, 7) is 5.87. The summed E-state index contributed by atoms with van der Waals surface area (Å²) in [5.41, 5.74) is 0. The number of nitrogens with one attached hydrogen (secondary N) is 1. The van der Waals surface area contributed by atoms with Crippen LogP contribution >= 0.6 is 0 Å². The summed E-state index contributed by atoms with van der Waals surface area (Å²) in [5.74, 6) is 5.61. The molecule has 4 heteroatoms. The van der Waals surface area contributed by atoms with E-state index in [1.165, 1.54) is 0 Å². The molecule has 0 radical (unpaired) electrons. The van der Waals surface area contributed by atoms with Gasteiger partial charge in [-0.1, -0.05) is 13.8 Å². The van der Waals surface area contributed by atoms with Gasteiger partial charge in [-0.2, -0.15) is 0 Å². The van der Waals surface area contributed by atoms with E-state index in [2.05, 4.69) is 5.32 Å². The Morgan fingerprint density at radius 3 is 2.36 bits per heavy atom. The number of hydrogen-bond acceptors (Lipinski definition) is 3. The van der Waals surface area contributed by atoms with Crippen LogP contribution in [-0.2, 0) is 0 Å². The zero-order valence-electron chi connectivity index (χ0n) is 9.17. The van der Waals surface area contributed by atoms with Gasteiger partial charge in [-0.25, -0.2) is 9.40 Å². The van der Waals surface area contributed by atoms with Gasteiger partial charge in [-0.3, -0.25) is 5.84 Å². The van der Waals surface area contributed by atoms with E-state index in [0.29, 0.717) is 24.9 Å². The maximum atomic E-state index is 12.4. The molecule has 0 aromatic rings. The fourth-order valence-corrected chi connectivity index (χ4v) is 1.94. The van der Waals surface area contributed by atoms with Gasteiger partial charge in [0.2, 0.25) is 0 Å². The first-order valence-electron chi connectivity index (χ1n) is 5.64. The van der Waals surface area contributed by atoms with Gasteiger partial charge in [-0.15, -0.1) is 0 Å². The minimum atomic E-state index is -0.558. The normalized spacial score (nSPS) is 37.3. The number of hydrogen-bond donors (Lipinski definition) is 2. The molecule has 2 rings (SSSR count). The Hall–Kier alpha value is -0.190. The summed E-state index contributed by atoms with van der Waals surface area (Å²) in [5, 5.41) is 5.24. The van der Waals surface area contributed by atoms with E-state index in [1.807, 2.05) is 18.9 Å². The van der Waals surface area contributed by atoms with Crippen LogP contribution in [0.4, 0.5) is 4.39 Å². The number of nitrogens with two attached hydrogens (primary N) is 1. The van der Waals surface area contributed by atoms with E-state index in [1.54, 1.807) is 0 Å². The Kier molecular flexibility index (Phi) is 4.78. The van der Waals surface area contributed by atoms with Crippen molar-refractivity contribution in [3.05, 3.63) is 0 Å². The molecule has 1 atom stereocenters. The fraction of sp³-hybridized carbons (Fsp3) is 1.00. The van der Waals surface area contributed by atoms with Crippen molar-refractivity contribution in [2.24, 2.45) is 5.84 Å². The van der Waals surface area contributed by atoms with Gasteiger partial charge in [0.25, 0.3) is 0 Å². The van der Waals surface area contributed by atoms with Gasteiger partial charge < -0.3 is 5.32 Å². The van der Waals surface area contributed by atoms with E-state index >= 15 is 0 Å². The minimum absolute atomic E-state index is 0.413. The van der Waals surface area contributed by atoms with Gasteiger partial charge in [0.05, 0.1) is 0 Å². The van der Waals surface area contributed by atoms with Crippen LogP contribution < -0.4 is 11.2 Å². The average molecular weight is 203 g/mol. The lowest BCUT2D eigenvalue weighted by Crippen LogP contribution is -2.48. The van der Waals surface area contributed by atoms with Gasteiger partial charge in [-0.05, 0) is 19.3 Å². The van der Waals surface area contributed by atoms with Crippen molar-refractivity contribution in [2.45, 2.75) is 51.4 Å². The van der Waals surface area contributed by atoms with Gasteiger partial charge >= 0.3 is 0 Å². The maximum Gasteiger partial charge on any atom is 0.103 e. The highest BCUT2D eigenvalue weighted by atomic mass is 19.1. The molecule has 84 valence electrons. The average Bonchev–Trinajstić information content (AvgIpc) is 2.52. The van der Waals surface area contributed by atoms with E-state index < -0.39 is 6.17 Å². The number of hydrazine groups is 1. The molecule has 0 aromatic carbocycles. The number of alkyl halides is 1. The number of nitrogens with zero attached hydrogens (tertiary/aromatic N) is 1. The zero-order chi connectivity index (χ0) is 10.6. The van der Waals surface area contributed by atoms with Crippen molar-refractivity contribution in [1.82, 2.24) is 10.3 Å². The highest BCUT2D eigenvalue weighted by molar-refractivity contribution is 4.89. The van der Waals surface area contributed by atoms with Crippen LogP contribution in [0.1, 0.15) is 33.1 Å². The van der Waals surface area contributed by atoms with Gasteiger partial charge in [0.15, 0.2) is 0 Å². The first-order chi connectivity index (χ1) is 6.74. The highest BCUT2D eigenvalue weighted by Gasteiger charge is 2.31. The third-order valence-corrected chi connectivity index (χ3v) is 2.77. The molecule has 0 aromatic heterocycles. The van der Waals surface area contributed by atoms with Crippen molar-refractivity contribution in [2.75, 3.05) is 13.1 Å². The zero-order valence-corrected chi connectivity index (χ0v) is 9.17. The van der Waals surface area contributed by atoms with E-state index in [-0.39, 0.29) is 0 Å². The third-order valence-electron chi connectivity index (χ3n) is 2.77. The number of halogens is 1. The molecule has 1 saturated heterocycles. The fourth-order valence-electron chi connectivity index (χ4n) is 1.94. The molecule has 3 nitrogen and oxygen atoms in total. The topological polar surface area (TPSA) is 41.3 Å². The second-order valence-electron chi connectivity index (χ2n) is 3.91. The molecule has 0 bridgehead atoms. The Morgan fingerprint density at radius 2 is 1.93 bits per heavy atom. The third kappa shape index (κ3) is 3.19. The van der Waals surface area contributed by atoms with Crippen LogP contribution in [0.25, 0.3) is 0 Å². The molecule has 2 aliphatic rings. The molecule has 1 aliphatic carbocycles. The van der Waals surface area contributed by atoms with Crippen molar-refractivity contribution in [3.8, 4) is 0 Å². The lowest BCUT2D eigenvalue weighted by molar-refractivity contribution is 0.146. The largest absolute Gasteiger partial charge is 0.310 e. The van der Waals surface area contributed by atoms with Crippen molar-refractivity contribution in [3.63, 3.8) is 0 Å². The molecular weight excluding hydrogens is 181 g/mol. The predicted octanol–water partition coefficient (Wildman–Crippen LogP) is 1.05. The monoisotopic (exact) mass is 203 g/mol. The molecule has 0 amide bonds. The Balaban J connectivity index is 0.000000461. The summed E-state index contributed by atoms with van der Waals surface area (Å²) in [7, 11) is 0. The maximum absolute atomic E-state index is 12.4. The van der Waals surface area contributed by atoms with Crippen LogP contribution in [0.15, 0.2) is 0 Å². The molecule has 2 fully saturated rings. The van der Waals surface area contributed by atoms with Gasteiger partial charge in [0, 0.05) is 25.2 Å². The van der Waals surface area contributed by atoms with Crippen LogP contribution in [0.3, 0.4) is 0 Å². The highest BCUT2D eigenvalue weighted by Crippen LogP contribution is 2.24. The summed E-state index contributed by atoms with van der Waals surface area (Å²) in [6, 6.07) is 0.906. The molecule has 14 heavy (non-hydrogen) atoms. The van der Waals surface area contributed by atoms with E-state index in [4.69, 9.17) is 5.84 Å². The first kappa shape index (κ1) is 11.9. The second-order valence-corrected chi connectivity index (χ2v) is 3.91. The first-order valence-corrected chi connectivity index (χ1v) is 5.64. The smallest absolute Gasteiger partial charge is 0.103 e. The summed E-state index contributed by atoms with van der Waals surface area (Å²) >= 11 is 0. The number of rotatable bonds is 2. The molecule has 1 aliphatic heterocycles. The van der Waals surface area contributed by atoms with Crippen molar-refractivity contribution < 1.29 is 4.39 Å². The summed E-state index contributed by atoms with van der Waals surface area (Å²) in [6.07, 6.45) is 1.93.